The Morgan fingerprint density at radius 1 is 1.38 bits per heavy atom. The lowest BCUT2D eigenvalue weighted by Gasteiger charge is -2.18. The van der Waals surface area contributed by atoms with Crippen molar-refractivity contribution in [3.05, 3.63) is 29.6 Å². The number of rotatable bonds is 6. The van der Waals surface area contributed by atoms with Gasteiger partial charge in [0.2, 0.25) is 0 Å². The smallest absolute Gasteiger partial charge is 0.0315 e. The van der Waals surface area contributed by atoms with Crippen molar-refractivity contribution < 1.29 is 0 Å². The normalized spacial score (nSPS) is 14.8. The fourth-order valence-electron chi connectivity index (χ4n) is 1.82. The molecule has 1 N–H and O–H groups in total. The molecule has 1 heterocycles. The minimum atomic E-state index is 0.578. The number of hydrogen-bond donors (Lipinski definition) is 1. The molecule has 0 fully saturated rings. The van der Waals surface area contributed by atoms with Crippen molar-refractivity contribution in [2.24, 2.45) is 5.92 Å². The molecule has 1 rings (SSSR count). The molecule has 0 saturated carbocycles. The van der Waals surface area contributed by atoms with Crippen LogP contribution in [0.3, 0.4) is 0 Å². The van der Waals surface area contributed by atoms with E-state index < -0.39 is 0 Å². The summed E-state index contributed by atoms with van der Waals surface area (Å²) in [6.45, 7) is 9.89. The fourth-order valence-corrected chi connectivity index (χ4v) is 1.82. The fraction of sp³-hybridized carbons (Fsp3) is 0.643. The summed E-state index contributed by atoms with van der Waals surface area (Å²) in [5, 5.41) is 3.56. The average Bonchev–Trinajstić information content (AvgIpc) is 2.28. The van der Waals surface area contributed by atoms with Crippen molar-refractivity contribution >= 4 is 0 Å². The molecule has 0 amide bonds. The van der Waals surface area contributed by atoms with Gasteiger partial charge in [0.15, 0.2) is 0 Å². The van der Waals surface area contributed by atoms with Gasteiger partial charge < -0.3 is 5.32 Å². The van der Waals surface area contributed by atoms with E-state index in [2.05, 4.69) is 44.1 Å². The maximum absolute atomic E-state index is 4.16. The number of nitrogens with one attached hydrogen (secondary N) is 1. The van der Waals surface area contributed by atoms with Crippen LogP contribution in [0.5, 0.6) is 0 Å². The topological polar surface area (TPSA) is 24.9 Å². The summed E-state index contributed by atoms with van der Waals surface area (Å²) < 4.78 is 0. The zero-order valence-electron chi connectivity index (χ0n) is 11.0. The van der Waals surface area contributed by atoms with Crippen molar-refractivity contribution in [3.63, 3.8) is 0 Å². The Labute approximate surface area is 99.5 Å². The van der Waals surface area contributed by atoms with Gasteiger partial charge in [-0.05, 0) is 43.4 Å². The Bertz CT molecular complexity index is 309. The minimum Gasteiger partial charge on any atom is -0.310 e. The Balaban J connectivity index is 2.37. The second kappa shape index (κ2) is 6.64. The lowest BCUT2D eigenvalue weighted by molar-refractivity contribution is 0.411. The van der Waals surface area contributed by atoms with E-state index in [1.807, 2.05) is 12.4 Å². The second-order valence-electron chi connectivity index (χ2n) is 4.83. The predicted molar refractivity (Wildman–Crippen MR) is 69.3 cm³/mol. The van der Waals surface area contributed by atoms with E-state index in [1.165, 1.54) is 24.0 Å². The average molecular weight is 220 g/mol. The van der Waals surface area contributed by atoms with Crippen LogP contribution in [0.25, 0.3) is 0 Å². The van der Waals surface area contributed by atoms with Crippen molar-refractivity contribution in [2.75, 3.05) is 0 Å². The molecule has 0 aromatic carbocycles. The summed E-state index contributed by atoms with van der Waals surface area (Å²) >= 11 is 0. The van der Waals surface area contributed by atoms with Crippen molar-refractivity contribution in [1.82, 2.24) is 10.3 Å². The molecule has 0 radical (unpaired) electrons. The molecule has 1 aromatic rings. The number of hydrogen-bond acceptors (Lipinski definition) is 2. The molecule has 0 aliphatic heterocycles. The largest absolute Gasteiger partial charge is 0.310 e. The SMILES string of the molecule is CCC(C)CC(C)NCc1cnccc1C. The van der Waals surface area contributed by atoms with Crippen LogP contribution in [0.15, 0.2) is 18.5 Å². The zero-order valence-corrected chi connectivity index (χ0v) is 11.0. The summed E-state index contributed by atoms with van der Waals surface area (Å²) in [7, 11) is 0. The van der Waals surface area contributed by atoms with Gasteiger partial charge >= 0.3 is 0 Å². The van der Waals surface area contributed by atoms with Crippen LogP contribution in [0, 0.1) is 12.8 Å². The molecule has 0 spiro atoms. The Kier molecular flexibility index (Phi) is 5.47. The minimum absolute atomic E-state index is 0.578. The molecule has 2 atom stereocenters. The van der Waals surface area contributed by atoms with E-state index in [4.69, 9.17) is 0 Å². The second-order valence-corrected chi connectivity index (χ2v) is 4.83. The predicted octanol–water partition coefficient (Wildman–Crippen LogP) is 3.30. The Hall–Kier alpha value is -0.890. The van der Waals surface area contributed by atoms with Gasteiger partial charge in [-0.1, -0.05) is 20.3 Å². The Morgan fingerprint density at radius 2 is 2.12 bits per heavy atom. The lowest BCUT2D eigenvalue weighted by atomic mass is 10.00. The first-order chi connectivity index (χ1) is 7.63. The van der Waals surface area contributed by atoms with E-state index in [-0.39, 0.29) is 0 Å². The molecule has 2 unspecified atom stereocenters. The van der Waals surface area contributed by atoms with E-state index >= 15 is 0 Å². The van der Waals surface area contributed by atoms with Gasteiger partial charge in [0, 0.05) is 25.0 Å². The van der Waals surface area contributed by atoms with Crippen LogP contribution in [0.4, 0.5) is 0 Å². The molecule has 0 aliphatic rings. The molecule has 0 bridgehead atoms. The van der Waals surface area contributed by atoms with Crippen molar-refractivity contribution in [1.29, 1.82) is 0 Å². The van der Waals surface area contributed by atoms with E-state index in [9.17, 15) is 0 Å². The maximum atomic E-state index is 4.16. The highest BCUT2D eigenvalue weighted by Gasteiger charge is 2.07. The van der Waals surface area contributed by atoms with Gasteiger partial charge in [-0.15, -0.1) is 0 Å². The zero-order chi connectivity index (χ0) is 12.0. The molecule has 0 saturated heterocycles. The highest BCUT2D eigenvalue weighted by atomic mass is 14.9. The van der Waals surface area contributed by atoms with Crippen LogP contribution in [0.2, 0.25) is 0 Å². The van der Waals surface area contributed by atoms with E-state index in [1.54, 1.807) is 0 Å². The first-order valence-corrected chi connectivity index (χ1v) is 6.26. The van der Waals surface area contributed by atoms with Crippen LogP contribution in [-0.4, -0.2) is 11.0 Å². The summed E-state index contributed by atoms with van der Waals surface area (Å²) in [6.07, 6.45) is 6.31. The number of aryl methyl sites for hydroxylation is 1. The quantitative estimate of drug-likeness (QED) is 0.795. The summed E-state index contributed by atoms with van der Waals surface area (Å²) in [6, 6.07) is 2.64. The molecule has 16 heavy (non-hydrogen) atoms. The van der Waals surface area contributed by atoms with Gasteiger partial charge in [0.1, 0.15) is 0 Å². The first-order valence-electron chi connectivity index (χ1n) is 6.26. The van der Waals surface area contributed by atoms with Crippen LogP contribution < -0.4 is 5.32 Å². The molecule has 1 aromatic heterocycles. The highest BCUT2D eigenvalue weighted by molar-refractivity contribution is 5.21. The molecule has 2 nitrogen and oxygen atoms in total. The third-order valence-electron chi connectivity index (χ3n) is 3.24. The first kappa shape index (κ1) is 13.2. The summed E-state index contributed by atoms with van der Waals surface area (Å²) in [4.78, 5) is 4.16. The van der Waals surface area contributed by atoms with Crippen LogP contribution >= 0.6 is 0 Å². The third kappa shape index (κ3) is 4.31. The standard InChI is InChI=1S/C14H24N2/c1-5-11(2)8-13(4)16-10-14-9-15-7-6-12(14)3/h6-7,9,11,13,16H,5,8,10H2,1-4H3. The van der Waals surface area contributed by atoms with Gasteiger partial charge in [0.05, 0.1) is 0 Å². The number of aromatic nitrogens is 1. The van der Waals surface area contributed by atoms with Gasteiger partial charge in [-0.2, -0.15) is 0 Å². The highest BCUT2D eigenvalue weighted by Crippen LogP contribution is 2.10. The van der Waals surface area contributed by atoms with Gasteiger partial charge in [-0.25, -0.2) is 0 Å². The number of pyridine rings is 1. The van der Waals surface area contributed by atoms with Crippen LogP contribution in [0.1, 0.15) is 44.7 Å². The van der Waals surface area contributed by atoms with Crippen molar-refractivity contribution in [2.45, 2.75) is 53.1 Å². The molecular weight excluding hydrogens is 196 g/mol. The summed E-state index contributed by atoms with van der Waals surface area (Å²) in [5.74, 6) is 0.803. The van der Waals surface area contributed by atoms with Crippen LogP contribution in [-0.2, 0) is 6.54 Å². The maximum Gasteiger partial charge on any atom is 0.0315 e. The molecule has 2 heteroatoms. The molecule has 0 aliphatic carbocycles. The summed E-state index contributed by atoms with van der Waals surface area (Å²) in [5.41, 5.74) is 2.62. The monoisotopic (exact) mass is 220 g/mol. The van der Waals surface area contributed by atoms with E-state index in [0.29, 0.717) is 6.04 Å². The lowest BCUT2D eigenvalue weighted by Crippen LogP contribution is -2.27. The number of nitrogens with zero attached hydrogens (tertiary/aromatic N) is 1. The third-order valence-corrected chi connectivity index (χ3v) is 3.24. The van der Waals surface area contributed by atoms with E-state index in [0.717, 1.165) is 12.5 Å². The Morgan fingerprint density at radius 3 is 2.75 bits per heavy atom. The van der Waals surface area contributed by atoms with Gasteiger partial charge in [-0.3, -0.25) is 4.98 Å². The molecular formula is C14H24N2. The van der Waals surface area contributed by atoms with Crippen molar-refractivity contribution in [3.8, 4) is 0 Å². The molecule has 90 valence electrons. The van der Waals surface area contributed by atoms with Gasteiger partial charge in [0.25, 0.3) is 0 Å².